The molecule has 2 heterocycles. The number of fused-ring (bicyclic) bond motifs is 1. The van der Waals surface area contributed by atoms with E-state index in [-0.39, 0.29) is 11.7 Å². The standard InChI is InChI=1S/C28H31FN4O/c29-25-8-4-5-9-26(25)32-16-18-33(19-17-32)27-24-20-23(11-10-22(24)13-15-30-27)28(34)31-14-12-21-6-2-1-3-7-21/h4-6,8-11,13,15,20H,1-3,7,12,14,16-19H2,(H,31,34). The summed E-state index contributed by atoms with van der Waals surface area (Å²) in [6.07, 6.45) is 9.94. The predicted molar refractivity (Wildman–Crippen MR) is 136 cm³/mol. The first-order valence-corrected chi connectivity index (χ1v) is 12.3. The van der Waals surface area contributed by atoms with E-state index in [9.17, 15) is 9.18 Å². The molecule has 3 aromatic rings. The zero-order valence-electron chi connectivity index (χ0n) is 19.5. The molecule has 1 aromatic heterocycles. The Kier molecular flexibility index (Phi) is 6.74. The number of nitrogens with one attached hydrogen (secondary N) is 1. The number of hydrogen-bond acceptors (Lipinski definition) is 4. The van der Waals surface area contributed by atoms with Gasteiger partial charge in [0.05, 0.1) is 5.69 Å². The Morgan fingerprint density at radius 1 is 1.00 bits per heavy atom. The molecular weight excluding hydrogens is 427 g/mol. The van der Waals surface area contributed by atoms with E-state index in [0.717, 1.165) is 62.0 Å². The van der Waals surface area contributed by atoms with Crippen LogP contribution in [0.2, 0.25) is 0 Å². The molecule has 1 aliphatic carbocycles. The fourth-order valence-electron chi connectivity index (χ4n) is 4.98. The van der Waals surface area contributed by atoms with E-state index in [0.29, 0.717) is 17.8 Å². The van der Waals surface area contributed by atoms with Crippen molar-refractivity contribution in [2.45, 2.75) is 32.1 Å². The zero-order valence-corrected chi connectivity index (χ0v) is 19.5. The van der Waals surface area contributed by atoms with Gasteiger partial charge in [0.25, 0.3) is 5.91 Å². The van der Waals surface area contributed by atoms with Crippen LogP contribution in [0.4, 0.5) is 15.9 Å². The highest BCUT2D eigenvalue weighted by Crippen LogP contribution is 2.28. The maximum atomic E-state index is 14.2. The van der Waals surface area contributed by atoms with E-state index in [1.54, 1.807) is 6.07 Å². The number of para-hydroxylation sites is 1. The number of pyridine rings is 1. The molecule has 176 valence electrons. The average Bonchev–Trinajstić information content (AvgIpc) is 2.89. The van der Waals surface area contributed by atoms with E-state index < -0.39 is 0 Å². The lowest BCUT2D eigenvalue weighted by atomic mass is 9.97. The van der Waals surface area contributed by atoms with Crippen LogP contribution in [0.3, 0.4) is 0 Å². The Morgan fingerprint density at radius 3 is 2.62 bits per heavy atom. The summed E-state index contributed by atoms with van der Waals surface area (Å²) in [6, 6.07) is 14.7. The Labute approximate surface area is 200 Å². The van der Waals surface area contributed by atoms with Gasteiger partial charge in [-0.05, 0) is 67.8 Å². The molecule has 0 saturated carbocycles. The number of allylic oxidation sites excluding steroid dienone is 1. The lowest BCUT2D eigenvalue weighted by Crippen LogP contribution is -2.47. The third kappa shape index (κ3) is 4.91. The quantitative estimate of drug-likeness (QED) is 0.508. The summed E-state index contributed by atoms with van der Waals surface area (Å²) < 4.78 is 14.2. The van der Waals surface area contributed by atoms with Crippen LogP contribution in [0, 0.1) is 5.82 Å². The molecule has 2 aromatic carbocycles. The smallest absolute Gasteiger partial charge is 0.251 e. The van der Waals surface area contributed by atoms with Gasteiger partial charge in [-0.3, -0.25) is 4.79 Å². The lowest BCUT2D eigenvalue weighted by Gasteiger charge is -2.37. The Balaban J connectivity index is 1.28. The predicted octanol–water partition coefficient (Wildman–Crippen LogP) is 5.32. The van der Waals surface area contributed by atoms with Crippen LogP contribution >= 0.6 is 0 Å². The van der Waals surface area contributed by atoms with Gasteiger partial charge in [0.15, 0.2) is 0 Å². The maximum absolute atomic E-state index is 14.2. The van der Waals surface area contributed by atoms with Crippen LogP contribution in [0.25, 0.3) is 10.8 Å². The van der Waals surface area contributed by atoms with Crippen LogP contribution in [-0.4, -0.2) is 43.6 Å². The van der Waals surface area contributed by atoms with Crippen LogP contribution in [0.15, 0.2) is 66.4 Å². The van der Waals surface area contributed by atoms with Gasteiger partial charge >= 0.3 is 0 Å². The Morgan fingerprint density at radius 2 is 1.82 bits per heavy atom. The van der Waals surface area contributed by atoms with Gasteiger partial charge in [-0.2, -0.15) is 0 Å². The van der Waals surface area contributed by atoms with Crippen molar-refractivity contribution in [3.8, 4) is 0 Å². The van der Waals surface area contributed by atoms with Crippen molar-refractivity contribution >= 4 is 28.2 Å². The summed E-state index contributed by atoms with van der Waals surface area (Å²) in [7, 11) is 0. The molecule has 2 aliphatic rings. The molecule has 1 N–H and O–H groups in total. The second-order valence-electron chi connectivity index (χ2n) is 9.11. The number of anilines is 2. The fourth-order valence-corrected chi connectivity index (χ4v) is 4.98. The molecule has 0 spiro atoms. The number of nitrogens with zero attached hydrogens (tertiary/aromatic N) is 3. The summed E-state index contributed by atoms with van der Waals surface area (Å²) in [4.78, 5) is 21.8. The van der Waals surface area contributed by atoms with Crippen molar-refractivity contribution in [2.24, 2.45) is 0 Å². The number of hydrogen-bond donors (Lipinski definition) is 1. The molecule has 1 saturated heterocycles. The van der Waals surface area contributed by atoms with Gasteiger partial charge in [-0.15, -0.1) is 0 Å². The van der Waals surface area contributed by atoms with Crippen LogP contribution in [0.5, 0.6) is 0 Å². The summed E-state index contributed by atoms with van der Waals surface area (Å²) in [5.74, 6) is 0.653. The van der Waals surface area contributed by atoms with E-state index in [2.05, 4.69) is 26.2 Å². The summed E-state index contributed by atoms with van der Waals surface area (Å²) >= 11 is 0. The fraction of sp³-hybridized carbons (Fsp3) is 0.357. The minimum absolute atomic E-state index is 0.0440. The van der Waals surface area contributed by atoms with Gasteiger partial charge in [-0.25, -0.2) is 9.37 Å². The van der Waals surface area contributed by atoms with E-state index in [1.165, 1.54) is 24.5 Å². The Hall–Kier alpha value is -3.41. The SMILES string of the molecule is O=C(NCCC1=CCCCC1)c1ccc2ccnc(N3CCN(c4ccccc4F)CC3)c2c1. The summed E-state index contributed by atoms with van der Waals surface area (Å²) in [6.45, 7) is 3.59. The van der Waals surface area contributed by atoms with Gasteiger partial charge in [0.1, 0.15) is 11.6 Å². The van der Waals surface area contributed by atoms with Gasteiger partial charge in [-0.1, -0.05) is 29.8 Å². The third-order valence-corrected chi connectivity index (χ3v) is 6.90. The average molecular weight is 459 g/mol. The van der Waals surface area contributed by atoms with Crippen LogP contribution < -0.4 is 15.1 Å². The van der Waals surface area contributed by atoms with Gasteiger partial charge < -0.3 is 15.1 Å². The molecule has 6 heteroatoms. The molecule has 1 fully saturated rings. The highest BCUT2D eigenvalue weighted by molar-refractivity contribution is 6.01. The summed E-state index contributed by atoms with van der Waals surface area (Å²) in [5, 5.41) is 5.12. The molecule has 5 nitrogen and oxygen atoms in total. The molecule has 1 aliphatic heterocycles. The normalized spacial score (nSPS) is 16.4. The van der Waals surface area contributed by atoms with E-state index >= 15 is 0 Å². The van der Waals surface area contributed by atoms with E-state index in [1.807, 2.05) is 42.6 Å². The maximum Gasteiger partial charge on any atom is 0.251 e. The number of aromatic nitrogens is 1. The number of carbonyl (C=O) groups excluding carboxylic acids is 1. The molecule has 0 unspecified atom stereocenters. The minimum Gasteiger partial charge on any atom is -0.366 e. The molecule has 0 bridgehead atoms. The van der Waals surface area contributed by atoms with Gasteiger partial charge in [0.2, 0.25) is 0 Å². The Bertz CT molecular complexity index is 1200. The van der Waals surface area contributed by atoms with Crippen molar-refractivity contribution in [3.05, 3.63) is 77.8 Å². The van der Waals surface area contributed by atoms with Crippen LogP contribution in [-0.2, 0) is 0 Å². The molecular formula is C28H31FN4O. The number of halogens is 1. The van der Waals surface area contributed by atoms with Crippen LogP contribution in [0.1, 0.15) is 42.5 Å². The first-order chi connectivity index (χ1) is 16.7. The number of carbonyl (C=O) groups is 1. The number of benzene rings is 2. The minimum atomic E-state index is -0.185. The highest BCUT2D eigenvalue weighted by atomic mass is 19.1. The molecule has 5 rings (SSSR count). The molecule has 0 atom stereocenters. The van der Waals surface area contributed by atoms with Crippen molar-refractivity contribution in [2.75, 3.05) is 42.5 Å². The first-order valence-electron chi connectivity index (χ1n) is 12.3. The first kappa shape index (κ1) is 22.4. The second-order valence-corrected chi connectivity index (χ2v) is 9.11. The van der Waals surface area contributed by atoms with Crippen molar-refractivity contribution in [1.82, 2.24) is 10.3 Å². The third-order valence-electron chi connectivity index (χ3n) is 6.90. The molecule has 0 radical (unpaired) electrons. The lowest BCUT2D eigenvalue weighted by molar-refractivity contribution is 0.0954. The summed E-state index contributed by atoms with van der Waals surface area (Å²) in [5.41, 5.74) is 2.77. The topological polar surface area (TPSA) is 48.5 Å². The number of rotatable bonds is 6. The number of amides is 1. The van der Waals surface area contributed by atoms with Crippen molar-refractivity contribution in [1.29, 1.82) is 0 Å². The second kappa shape index (κ2) is 10.2. The molecule has 34 heavy (non-hydrogen) atoms. The highest BCUT2D eigenvalue weighted by Gasteiger charge is 2.22. The van der Waals surface area contributed by atoms with Crippen molar-refractivity contribution in [3.63, 3.8) is 0 Å². The van der Waals surface area contributed by atoms with Crippen molar-refractivity contribution < 1.29 is 9.18 Å². The van der Waals surface area contributed by atoms with Gasteiger partial charge in [0, 0.05) is 49.9 Å². The molecule has 1 amide bonds. The monoisotopic (exact) mass is 458 g/mol. The van der Waals surface area contributed by atoms with E-state index in [4.69, 9.17) is 0 Å². The largest absolute Gasteiger partial charge is 0.366 e. The zero-order chi connectivity index (χ0) is 23.3. The number of piperazine rings is 1.